The van der Waals surface area contributed by atoms with Crippen LogP contribution >= 0.6 is 11.3 Å². The third-order valence-electron chi connectivity index (χ3n) is 4.25. The number of rotatable bonds is 4. The van der Waals surface area contributed by atoms with E-state index in [1.54, 1.807) is 31.5 Å². The standard InChI is InChI=1S/C18H17N3O5S2/c1-11(2)28(25,26)14-7-4-12(5-8-14)17(22)19-18-20(3)15-10-13(21(23)24)6-9-16(15)27-18/h4-11H,1-3H3. The molecule has 1 aromatic heterocycles. The highest BCUT2D eigenvalue weighted by atomic mass is 32.2. The SMILES string of the molecule is CC(C)S(=O)(=O)c1ccc(C(=O)N=c2sc3ccc([N+](=O)[O-])cc3n2C)cc1. The van der Waals surface area contributed by atoms with Crippen molar-refractivity contribution in [3.05, 3.63) is 62.9 Å². The van der Waals surface area contributed by atoms with Gasteiger partial charge in [-0.1, -0.05) is 11.3 Å². The lowest BCUT2D eigenvalue weighted by atomic mass is 10.2. The number of nitro groups is 1. The Morgan fingerprint density at radius 2 is 1.82 bits per heavy atom. The Kier molecular flexibility index (Phi) is 5.18. The van der Waals surface area contributed by atoms with E-state index in [4.69, 9.17) is 0 Å². The second-order valence-corrected chi connectivity index (χ2v) is 9.90. The topological polar surface area (TPSA) is 112 Å². The summed E-state index contributed by atoms with van der Waals surface area (Å²) in [5.41, 5.74) is 0.816. The van der Waals surface area contributed by atoms with Crippen LogP contribution in [0.2, 0.25) is 0 Å². The molecule has 0 aliphatic rings. The third-order valence-corrected chi connectivity index (χ3v) is 7.53. The van der Waals surface area contributed by atoms with Crippen LogP contribution in [-0.4, -0.2) is 29.1 Å². The molecule has 1 heterocycles. The molecule has 10 heteroatoms. The first kappa shape index (κ1) is 19.9. The molecule has 0 fully saturated rings. The van der Waals surface area contributed by atoms with Crippen molar-refractivity contribution < 1.29 is 18.1 Å². The van der Waals surface area contributed by atoms with E-state index in [-0.39, 0.29) is 16.1 Å². The van der Waals surface area contributed by atoms with E-state index in [9.17, 15) is 23.3 Å². The van der Waals surface area contributed by atoms with E-state index in [1.807, 2.05) is 0 Å². The second kappa shape index (κ2) is 7.28. The first-order chi connectivity index (χ1) is 13.1. The number of fused-ring (bicyclic) bond motifs is 1. The normalized spacial score (nSPS) is 12.6. The minimum atomic E-state index is -3.41. The molecule has 28 heavy (non-hydrogen) atoms. The molecule has 0 aliphatic carbocycles. The lowest BCUT2D eigenvalue weighted by molar-refractivity contribution is -0.384. The van der Waals surface area contributed by atoms with Gasteiger partial charge in [-0.25, -0.2) is 8.42 Å². The van der Waals surface area contributed by atoms with Crippen LogP contribution in [0, 0.1) is 10.1 Å². The fourth-order valence-electron chi connectivity index (χ4n) is 2.55. The highest BCUT2D eigenvalue weighted by molar-refractivity contribution is 7.92. The zero-order valence-electron chi connectivity index (χ0n) is 15.3. The van der Waals surface area contributed by atoms with Gasteiger partial charge in [-0.3, -0.25) is 14.9 Å². The first-order valence-corrected chi connectivity index (χ1v) is 10.6. The Morgan fingerprint density at radius 1 is 1.18 bits per heavy atom. The summed E-state index contributed by atoms with van der Waals surface area (Å²) in [6, 6.07) is 10.1. The van der Waals surface area contributed by atoms with Gasteiger partial charge in [0.2, 0.25) is 0 Å². The Bertz CT molecular complexity index is 1250. The summed E-state index contributed by atoms with van der Waals surface area (Å²) in [4.78, 5) is 27.6. The Labute approximate surface area is 164 Å². The molecule has 0 N–H and O–H groups in total. The highest BCUT2D eigenvalue weighted by Crippen LogP contribution is 2.22. The van der Waals surface area contributed by atoms with Crippen LogP contribution in [0.5, 0.6) is 0 Å². The number of carbonyl (C=O) groups is 1. The number of non-ortho nitro benzene ring substituents is 1. The monoisotopic (exact) mass is 419 g/mol. The maximum absolute atomic E-state index is 12.5. The third kappa shape index (κ3) is 3.60. The average Bonchev–Trinajstić information content (AvgIpc) is 2.96. The second-order valence-electron chi connectivity index (χ2n) is 6.39. The molecule has 0 bridgehead atoms. The molecule has 3 aromatic rings. The minimum Gasteiger partial charge on any atom is -0.319 e. The summed E-state index contributed by atoms with van der Waals surface area (Å²) >= 11 is 1.24. The lowest BCUT2D eigenvalue weighted by Crippen LogP contribution is -2.15. The fourth-order valence-corrected chi connectivity index (χ4v) is 4.60. The summed E-state index contributed by atoms with van der Waals surface area (Å²) in [6.07, 6.45) is 0. The summed E-state index contributed by atoms with van der Waals surface area (Å²) in [5, 5.41) is 10.4. The van der Waals surface area contributed by atoms with E-state index >= 15 is 0 Å². The number of amides is 1. The van der Waals surface area contributed by atoms with Gasteiger partial charge in [-0.15, -0.1) is 0 Å². The predicted octanol–water partition coefficient (Wildman–Crippen LogP) is 3.07. The van der Waals surface area contributed by atoms with Crippen LogP contribution in [0.15, 0.2) is 52.4 Å². The van der Waals surface area contributed by atoms with Crippen molar-refractivity contribution in [2.75, 3.05) is 0 Å². The summed E-state index contributed by atoms with van der Waals surface area (Å²) < 4.78 is 26.7. The van der Waals surface area contributed by atoms with Gasteiger partial charge in [0.15, 0.2) is 14.6 Å². The molecular weight excluding hydrogens is 402 g/mol. The Hall–Kier alpha value is -2.85. The minimum absolute atomic E-state index is 0.0410. The van der Waals surface area contributed by atoms with Crippen LogP contribution in [0.3, 0.4) is 0 Å². The van der Waals surface area contributed by atoms with Crippen molar-refractivity contribution in [1.82, 2.24) is 4.57 Å². The van der Waals surface area contributed by atoms with E-state index in [0.29, 0.717) is 10.3 Å². The number of aryl methyl sites for hydroxylation is 1. The predicted molar refractivity (Wildman–Crippen MR) is 106 cm³/mol. The number of hydrogen-bond acceptors (Lipinski definition) is 6. The van der Waals surface area contributed by atoms with Crippen LogP contribution in [-0.2, 0) is 16.9 Å². The summed E-state index contributed by atoms with van der Waals surface area (Å²) in [5.74, 6) is -0.523. The van der Waals surface area contributed by atoms with Crippen molar-refractivity contribution in [2.45, 2.75) is 24.0 Å². The molecular formula is C18H17N3O5S2. The van der Waals surface area contributed by atoms with Crippen molar-refractivity contribution in [3.8, 4) is 0 Å². The number of sulfone groups is 1. The molecule has 8 nitrogen and oxygen atoms in total. The van der Waals surface area contributed by atoms with Gasteiger partial charge in [0.05, 0.1) is 25.3 Å². The quantitative estimate of drug-likeness (QED) is 0.476. The molecule has 3 rings (SSSR count). The lowest BCUT2D eigenvalue weighted by Gasteiger charge is -2.07. The summed E-state index contributed by atoms with van der Waals surface area (Å²) in [7, 11) is -1.74. The molecule has 0 atom stereocenters. The number of hydrogen-bond donors (Lipinski definition) is 0. The number of nitro benzene ring substituents is 1. The van der Waals surface area contributed by atoms with E-state index < -0.39 is 25.9 Å². The fraction of sp³-hybridized carbons (Fsp3) is 0.222. The molecule has 0 radical (unpaired) electrons. The molecule has 0 saturated carbocycles. The smallest absolute Gasteiger partial charge is 0.279 e. The first-order valence-electron chi connectivity index (χ1n) is 8.28. The zero-order valence-corrected chi connectivity index (χ0v) is 17.0. The maximum atomic E-state index is 12.5. The molecule has 0 saturated heterocycles. The maximum Gasteiger partial charge on any atom is 0.279 e. The Morgan fingerprint density at radius 3 is 2.39 bits per heavy atom. The van der Waals surface area contributed by atoms with Crippen molar-refractivity contribution >= 4 is 43.0 Å². The van der Waals surface area contributed by atoms with E-state index in [2.05, 4.69) is 4.99 Å². The van der Waals surface area contributed by atoms with E-state index in [1.165, 1.54) is 47.7 Å². The largest absolute Gasteiger partial charge is 0.319 e. The number of aromatic nitrogens is 1. The van der Waals surface area contributed by atoms with Gasteiger partial charge in [-0.05, 0) is 44.2 Å². The molecule has 0 spiro atoms. The van der Waals surface area contributed by atoms with Crippen LogP contribution in [0.25, 0.3) is 10.2 Å². The summed E-state index contributed by atoms with van der Waals surface area (Å²) in [6.45, 7) is 3.19. The molecule has 146 valence electrons. The van der Waals surface area contributed by atoms with Crippen LogP contribution < -0.4 is 4.80 Å². The number of carbonyl (C=O) groups excluding carboxylic acids is 1. The van der Waals surface area contributed by atoms with Gasteiger partial charge < -0.3 is 4.57 Å². The van der Waals surface area contributed by atoms with Crippen LogP contribution in [0.4, 0.5) is 5.69 Å². The number of thiazole rings is 1. The molecule has 0 unspecified atom stereocenters. The number of nitrogens with zero attached hydrogens (tertiary/aromatic N) is 3. The average molecular weight is 419 g/mol. The van der Waals surface area contributed by atoms with E-state index in [0.717, 1.165) is 4.70 Å². The number of benzene rings is 2. The molecule has 2 aromatic carbocycles. The van der Waals surface area contributed by atoms with Crippen molar-refractivity contribution in [3.63, 3.8) is 0 Å². The molecule has 0 aliphatic heterocycles. The zero-order chi connectivity index (χ0) is 20.6. The molecule has 1 amide bonds. The van der Waals surface area contributed by atoms with Gasteiger partial charge in [0.1, 0.15) is 0 Å². The Balaban J connectivity index is 1.99. The highest BCUT2D eigenvalue weighted by Gasteiger charge is 2.19. The van der Waals surface area contributed by atoms with Gasteiger partial charge >= 0.3 is 0 Å². The van der Waals surface area contributed by atoms with Crippen LogP contribution in [0.1, 0.15) is 24.2 Å². The van der Waals surface area contributed by atoms with Crippen molar-refractivity contribution in [2.24, 2.45) is 12.0 Å². The van der Waals surface area contributed by atoms with Gasteiger partial charge in [0.25, 0.3) is 11.6 Å². The van der Waals surface area contributed by atoms with Gasteiger partial charge in [-0.2, -0.15) is 4.99 Å². The van der Waals surface area contributed by atoms with Gasteiger partial charge in [0, 0.05) is 24.7 Å². The van der Waals surface area contributed by atoms with Crippen molar-refractivity contribution in [1.29, 1.82) is 0 Å².